The molecule has 1 N–H and O–H groups in total. The van der Waals surface area contributed by atoms with Gasteiger partial charge < -0.3 is 10.2 Å². The number of nitrogens with one attached hydrogen (secondary N) is 1. The van der Waals surface area contributed by atoms with Crippen molar-refractivity contribution in [1.29, 1.82) is 0 Å². The molecule has 1 amide bonds. The van der Waals surface area contributed by atoms with Crippen molar-refractivity contribution in [3.8, 4) is 0 Å². The summed E-state index contributed by atoms with van der Waals surface area (Å²) in [5.41, 5.74) is 0. The number of hydrogen-bond acceptors (Lipinski definition) is 2. The number of carbonyl (C=O) groups excluding carboxylic acids is 1. The van der Waals surface area contributed by atoms with Gasteiger partial charge in [-0.1, -0.05) is 6.42 Å². The molecule has 2 unspecified atom stereocenters. The van der Waals surface area contributed by atoms with Crippen LogP contribution in [-0.2, 0) is 4.79 Å². The number of likely N-dealkylation sites (N-methyl/N-ethyl adjacent to an activating group) is 1. The number of halogens is 3. The molecular weight excluding hydrogens is 233 g/mol. The molecule has 0 aliphatic heterocycles. The Bertz CT molecular complexity index is 266. The van der Waals surface area contributed by atoms with Crippen LogP contribution in [0.25, 0.3) is 0 Å². The fourth-order valence-electron chi connectivity index (χ4n) is 2.06. The summed E-state index contributed by atoms with van der Waals surface area (Å²) in [6.45, 7) is 0.113. The number of amides is 1. The van der Waals surface area contributed by atoms with Gasteiger partial charge in [0.15, 0.2) is 0 Å². The highest BCUT2D eigenvalue weighted by Gasteiger charge is 2.42. The zero-order chi connectivity index (χ0) is 13.1. The molecule has 17 heavy (non-hydrogen) atoms. The lowest BCUT2D eigenvalue weighted by atomic mass is 9.85. The zero-order valence-electron chi connectivity index (χ0n) is 10.2. The average molecular weight is 252 g/mol. The third-order valence-electron chi connectivity index (χ3n) is 3.18. The van der Waals surface area contributed by atoms with E-state index in [4.69, 9.17) is 0 Å². The van der Waals surface area contributed by atoms with Crippen LogP contribution >= 0.6 is 0 Å². The Balaban J connectivity index is 2.38. The first-order valence-corrected chi connectivity index (χ1v) is 5.81. The predicted octanol–water partition coefficient (Wildman–Crippen LogP) is 1.79. The molecule has 0 bridgehead atoms. The van der Waals surface area contributed by atoms with Gasteiger partial charge in [0.2, 0.25) is 5.91 Å². The summed E-state index contributed by atoms with van der Waals surface area (Å²) in [6.07, 6.45) is -2.52. The highest BCUT2D eigenvalue weighted by molar-refractivity contribution is 5.77. The molecule has 1 fully saturated rings. The van der Waals surface area contributed by atoms with Gasteiger partial charge in [0.25, 0.3) is 0 Å². The molecule has 1 rings (SSSR count). The number of rotatable bonds is 3. The topological polar surface area (TPSA) is 32.3 Å². The largest absolute Gasteiger partial charge is 0.391 e. The second-order valence-electron chi connectivity index (χ2n) is 4.77. The Labute approximate surface area is 99.4 Å². The quantitative estimate of drug-likeness (QED) is 0.830. The Morgan fingerprint density at radius 2 is 2.00 bits per heavy atom. The van der Waals surface area contributed by atoms with Crippen molar-refractivity contribution in [2.45, 2.75) is 37.9 Å². The van der Waals surface area contributed by atoms with Crippen molar-refractivity contribution >= 4 is 5.91 Å². The third-order valence-corrected chi connectivity index (χ3v) is 3.18. The number of hydrogen-bond donors (Lipinski definition) is 1. The van der Waals surface area contributed by atoms with E-state index in [1.807, 2.05) is 0 Å². The fourth-order valence-corrected chi connectivity index (χ4v) is 2.06. The van der Waals surface area contributed by atoms with Crippen molar-refractivity contribution in [3.05, 3.63) is 0 Å². The lowest BCUT2D eigenvalue weighted by Crippen LogP contribution is -2.43. The average Bonchev–Trinajstić information content (AvgIpc) is 2.25. The standard InChI is InChI=1S/C11H19F3N2O/c1-16(2)10(17)7-15-9-5-3-4-8(6-9)11(12,13)14/h8-9,15H,3-7H2,1-2H3. The Morgan fingerprint density at radius 3 is 2.53 bits per heavy atom. The van der Waals surface area contributed by atoms with Gasteiger partial charge in [-0.3, -0.25) is 4.79 Å². The van der Waals surface area contributed by atoms with Gasteiger partial charge in [-0.2, -0.15) is 13.2 Å². The molecule has 0 aromatic rings. The summed E-state index contributed by atoms with van der Waals surface area (Å²) < 4.78 is 37.6. The molecule has 0 heterocycles. The molecule has 1 aliphatic rings. The van der Waals surface area contributed by atoms with Gasteiger partial charge in [0, 0.05) is 20.1 Å². The van der Waals surface area contributed by atoms with E-state index < -0.39 is 12.1 Å². The van der Waals surface area contributed by atoms with Crippen LogP contribution in [0.15, 0.2) is 0 Å². The molecule has 3 nitrogen and oxygen atoms in total. The lowest BCUT2D eigenvalue weighted by molar-refractivity contribution is -0.183. The molecule has 0 spiro atoms. The van der Waals surface area contributed by atoms with E-state index in [1.165, 1.54) is 4.90 Å². The van der Waals surface area contributed by atoms with Gasteiger partial charge >= 0.3 is 6.18 Å². The number of carbonyl (C=O) groups is 1. The summed E-state index contributed by atoms with van der Waals surface area (Å²) in [4.78, 5) is 12.7. The van der Waals surface area contributed by atoms with Gasteiger partial charge in [-0.25, -0.2) is 0 Å². The molecule has 0 radical (unpaired) electrons. The van der Waals surface area contributed by atoms with E-state index in [0.717, 1.165) is 0 Å². The smallest absolute Gasteiger partial charge is 0.348 e. The second kappa shape index (κ2) is 5.71. The van der Waals surface area contributed by atoms with Crippen molar-refractivity contribution < 1.29 is 18.0 Å². The van der Waals surface area contributed by atoms with Gasteiger partial charge in [-0.05, 0) is 19.3 Å². The highest BCUT2D eigenvalue weighted by Crippen LogP contribution is 2.37. The Kier molecular flexibility index (Phi) is 4.80. The molecule has 6 heteroatoms. The molecule has 1 saturated carbocycles. The van der Waals surface area contributed by atoms with Crippen LogP contribution in [0.4, 0.5) is 13.2 Å². The van der Waals surface area contributed by atoms with E-state index in [9.17, 15) is 18.0 Å². The summed E-state index contributed by atoms with van der Waals surface area (Å²) in [6, 6.07) is -0.195. The zero-order valence-corrected chi connectivity index (χ0v) is 10.2. The van der Waals surface area contributed by atoms with Gasteiger partial charge in [-0.15, -0.1) is 0 Å². The minimum atomic E-state index is -4.11. The molecule has 2 atom stereocenters. The monoisotopic (exact) mass is 252 g/mol. The molecule has 0 aromatic carbocycles. The van der Waals surface area contributed by atoms with E-state index in [2.05, 4.69) is 5.32 Å². The maximum Gasteiger partial charge on any atom is 0.391 e. The second-order valence-corrected chi connectivity index (χ2v) is 4.77. The van der Waals surface area contributed by atoms with E-state index in [-0.39, 0.29) is 31.3 Å². The van der Waals surface area contributed by atoms with E-state index in [1.54, 1.807) is 14.1 Å². The van der Waals surface area contributed by atoms with Crippen molar-refractivity contribution in [2.24, 2.45) is 5.92 Å². The highest BCUT2D eigenvalue weighted by atomic mass is 19.4. The summed E-state index contributed by atoms with van der Waals surface area (Å²) in [5.74, 6) is -1.33. The maximum absolute atomic E-state index is 12.5. The van der Waals surface area contributed by atoms with Crippen LogP contribution in [0.2, 0.25) is 0 Å². The Morgan fingerprint density at radius 1 is 1.35 bits per heavy atom. The Hall–Kier alpha value is -0.780. The van der Waals surface area contributed by atoms with Crippen molar-refractivity contribution in [1.82, 2.24) is 10.2 Å². The number of alkyl halides is 3. The van der Waals surface area contributed by atoms with Gasteiger partial charge in [0.1, 0.15) is 0 Å². The fraction of sp³-hybridized carbons (Fsp3) is 0.909. The van der Waals surface area contributed by atoms with Crippen LogP contribution in [0.1, 0.15) is 25.7 Å². The summed E-state index contributed by atoms with van der Waals surface area (Å²) in [5, 5.41) is 2.91. The van der Waals surface area contributed by atoms with Crippen LogP contribution in [0.5, 0.6) is 0 Å². The van der Waals surface area contributed by atoms with Crippen molar-refractivity contribution in [3.63, 3.8) is 0 Å². The van der Waals surface area contributed by atoms with Crippen LogP contribution in [-0.4, -0.2) is 43.7 Å². The van der Waals surface area contributed by atoms with E-state index >= 15 is 0 Å². The molecular formula is C11H19F3N2O. The first kappa shape index (κ1) is 14.3. The lowest BCUT2D eigenvalue weighted by Gasteiger charge is -2.31. The molecule has 1 aliphatic carbocycles. The number of nitrogens with zero attached hydrogens (tertiary/aromatic N) is 1. The first-order chi connectivity index (χ1) is 7.80. The van der Waals surface area contributed by atoms with Crippen LogP contribution in [0.3, 0.4) is 0 Å². The predicted molar refractivity (Wildman–Crippen MR) is 58.5 cm³/mol. The molecule has 0 saturated heterocycles. The SMILES string of the molecule is CN(C)C(=O)CNC1CCCC(C(F)(F)F)C1. The third kappa shape index (κ3) is 4.53. The van der Waals surface area contributed by atoms with Crippen LogP contribution in [0, 0.1) is 5.92 Å². The normalized spacial score (nSPS) is 25.7. The molecule has 100 valence electrons. The van der Waals surface area contributed by atoms with Crippen molar-refractivity contribution in [2.75, 3.05) is 20.6 Å². The van der Waals surface area contributed by atoms with Gasteiger partial charge in [0.05, 0.1) is 12.5 Å². The minimum absolute atomic E-state index is 0.0875. The molecule has 0 aromatic heterocycles. The maximum atomic E-state index is 12.5. The van der Waals surface area contributed by atoms with E-state index in [0.29, 0.717) is 12.8 Å². The summed E-state index contributed by atoms with van der Waals surface area (Å²) >= 11 is 0. The minimum Gasteiger partial charge on any atom is -0.348 e. The first-order valence-electron chi connectivity index (χ1n) is 5.81. The van der Waals surface area contributed by atoms with Crippen LogP contribution < -0.4 is 5.32 Å². The summed E-state index contributed by atoms with van der Waals surface area (Å²) in [7, 11) is 3.26.